The molecule has 1 aliphatic rings. The number of aromatic nitrogens is 2. The number of nitrogens with zero attached hydrogens (tertiary/aromatic N) is 2. The Kier molecular flexibility index (Phi) is 6.88. The lowest BCUT2D eigenvalue weighted by atomic mass is 9.89. The van der Waals surface area contributed by atoms with Gasteiger partial charge in [0, 0.05) is 35.7 Å². The van der Waals surface area contributed by atoms with Crippen LogP contribution in [0.4, 0.5) is 13.2 Å². The lowest BCUT2D eigenvalue weighted by Gasteiger charge is -2.27. The summed E-state index contributed by atoms with van der Waals surface area (Å²) < 4.78 is 52.3. The highest BCUT2D eigenvalue weighted by Crippen LogP contribution is 2.42. The number of hydroxylamine groups is 1. The Morgan fingerprint density at radius 2 is 1.89 bits per heavy atom. The number of carbonyl (C=O) groups is 1. The van der Waals surface area contributed by atoms with Gasteiger partial charge < -0.3 is 9.84 Å². The SMILES string of the molecule is CC(C)(O)c1cc(F)c(-c2nc(C(=O)NO)c(-c3cccnc3)c(C3CCCCO3)c2F)c(F)c1. The molecule has 1 amide bonds. The summed E-state index contributed by atoms with van der Waals surface area (Å²) in [4.78, 5) is 20.7. The second-order valence-electron chi connectivity index (χ2n) is 8.82. The molecule has 0 bridgehead atoms. The maximum Gasteiger partial charge on any atom is 0.293 e. The Bertz CT molecular complexity index is 1230. The zero-order valence-corrected chi connectivity index (χ0v) is 19.1. The van der Waals surface area contributed by atoms with E-state index < -0.39 is 52.0 Å². The number of benzene rings is 1. The molecule has 0 radical (unpaired) electrons. The first kappa shape index (κ1) is 24.8. The predicted molar refractivity (Wildman–Crippen MR) is 120 cm³/mol. The van der Waals surface area contributed by atoms with Crippen molar-refractivity contribution in [1.29, 1.82) is 0 Å². The summed E-state index contributed by atoms with van der Waals surface area (Å²) in [5.41, 5.74) is -1.95. The van der Waals surface area contributed by atoms with Crippen LogP contribution < -0.4 is 5.48 Å². The molecular weight excluding hydrogens is 463 g/mol. The molecule has 3 aromatic rings. The fraction of sp³-hybridized carbons (Fsp3) is 0.320. The molecule has 35 heavy (non-hydrogen) atoms. The van der Waals surface area contributed by atoms with Crippen molar-refractivity contribution < 1.29 is 33.0 Å². The van der Waals surface area contributed by atoms with Gasteiger partial charge in [0.1, 0.15) is 23.0 Å². The molecule has 2 aromatic heterocycles. The van der Waals surface area contributed by atoms with E-state index in [1.54, 1.807) is 12.1 Å². The zero-order valence-electron chi connectivity index (χ0n) is 19.1. The van der Waals surface area contributed by atoms with E-state index in [-0.39, 0.29) is 16.7 Å². The van der Waals surface area contributed by atoms with Crippen molar-refractivity contribution in [2.24, 2.45) is 0 Å². The molecule has 1 fully saturated rings. The van der Waals surface area contributed by atoms with Gasteiger partial charge in [-0.2, -0.15) is 0 Å². The van der Waals surface area contributed by atoms with Crippen LogP contribution >= 0.6 is 0 Å². The third kappa shape index (κ3) is 4.77. The maximum absolute atomic E-state index is 16.2. The molecule has 1 unspecified atom stereocenters. The Hall–Kier alpha value is -3.34. The Balaban J connectivity index is 2.07. The lowest BCUT2D eigenvalue weighted by Crippen LogP contribution is -2.24. The summed E-state index contributed by atoms with van der Waals surface area (Å²) >= 11 is 0. The normalized spacial score (nSPS) is 16.3. The van der Waals surface area contributed by atoms with Gasteiger partial charge in [-0.3, -0.25) is 15.0 Å². The summed E-state index contributed by atoms with van der Waals surface area (Å²) in [5, 5.41) is 19.5. The van der Waals surface area contributed by atoms with Crippen LogP contribution in [0, 0.1) is 17.5 Å². The molecule has 3 N–H and O–H groups in total. The molecule has 7 nitrogen and oxygen atoms in total. The average molecular weight is 487 g/mol. The van der Waals surface area contributed by atoms with Crippen LogP contribution in [-0.4, -0.2) is 32.8 Å². The average Bonchev–Trinajstić information content (AvgIpc) is 2.84. The molecule has 1 saturated heterocycles. The van der Waals surface area contributed by atoms with Crippen LogP contribution in [0.2, 0.25) is 0 Å². The summed E-state index contributed by atoms with van der Waals surface area (Å²) in [6.07, 6.45) is 3.90. The first-order valence-corrected chi connectivity index (χ1v) is 11.1. The smallest absolute Gasteiger partial charge is 0.293 e. The highest BCUT2D eigenvalue weighted by atomic mass is 19.1. The van der Waals surface area contributed by atoms with Crippen molar-refractivity contribution in [3.63, 3.8) is 0 Å². The number of amides is 1. The summed E-state index contributed by atoms with van der Waals surface area (Å²) in [7, 11) is 0. The van der Waals surface area contributed by atoms with Crippen molar-refractivity contribution in [3.05, 3.63) is 70.9 Å². The van der Waals surface area contributed by atoms with Crippen LogP contribution in [0.15, 0.2) is 36.7 Å². The number of hydrogen-bond acceptors (Lipinski definition) is 6. The van der Waals surface area contributed by atoms with Crippen LogP contribution in [0.1, 0.15) is 60.8 Å². The highest BCUT2D eigenvalue weighted by Gasteiger charge is 2.33. The number of nitrogens with one attached hydrogen (secondary N) is 1. The Morgan fingerprint density at radius 1 is 1.17 bits per heavy atom. The molecule has 10 heteroatoms. The van der Waals surface area contributed by atoms with E-state index in [1.807, 2.05) is 0 Å². The third-order valence-corrected chi connectivity index (χ3v) is 5.93. The molecule has 0 aliphatic carbocycles. The second kappa shape index (κ2) is 9.73. The van der Waals surface area contributed by atoms with E-state index in [0.717, 1.165) is 18.6 Å². The van der Waals surface area contributed by atoms with E-state index in [9.17, 15) is 15.1 Å². The van der Waals surface area contributed by atoms with Gasteiger partial charge in [0.05, 0.1) is 17.3 Å². The van der Waals surface area contributed by atoms with Gasteiger partial charge in [-0.05, 0) is 56.9 Å². The monoisotopic (exact) mass is 487 g/mol. The van der Waals surface area contributed by atoms with Crippen molar-refractivity contribution in [3.8, 4) is 22.4 Å². The number of halogens is 3. The molecule has 1 aliphatic heterocycles. The second-order valence-corrected chi connectivity index (χ2v) is 8.82. The maximum atomic E-state index is 16.2. The number of hydrogen-bond donors (Lipinski definition) is 3. The van der Waals surface area contributed by atoms with Crippen LogP contribution in [0.3, 0.4) is 0 Å². The standard InChI is InChI=1S/C25H24F3N3O4/c1-25(2,33)14-10-15(26)19(16(27)11-14)22-21(28)20(17-7-3-4-9-35-17)18(13-6-5-8-29-12-13)23(30-22)24(32)31-34/h5-6,8,10-12,17,33-34H,3-4,7,9H2,1-2H3,(H,31,32). The lowest BCUT2D eigenvalue weighted by molar-refractivity contribution is 0.0131. The number of carbonyl (C=O) groups excluding carboxylic acids is 1. The fourth-order valence-corrected chi connectivity index (χ4v) is 4.19. The van der Waals surface area contributed by atoms with Gasteiger partial charge in [-0.1, -0.05) is 6.07 Å². The minimum absolute atomic E-state index is 0.00623. The number of rotatable bonds is 5. The van der Waals surface area contributed by atoms with Crippen molar-refractivity contribution in [2.45, 2.75) is 44.8 Å². The van der Waals surface area contributed by atoms with Gasteiger partial charge in [0.2, 0.25) is 0 Å². The van der Waals surface area contributed by atoms with Crippen LogP contribution in [0.25, 0.3) is 22.4 Å². The van der Waals surface area contributed by atoms with Gasteiger partial charge >= 0.3 is 0 Å². The van der Waals surface area contributed by atoms with Crippen LogP contribution in [-0.2, 0) is 10.3 Å². The number of pyridine rings is 2. The van der Waals surface area contributed by atoms with E-state index >= 15 is 13.2 Å². The first-order chi connectivity index (χ1) is 16.6. The molecule has 3 heterocycles. The summed E-state index contributed by atoms with van der Waals surface area (Å²) in [6, 6.07) is 4.92. The molecule has 184 valence electrons. The first-order valence-electron chi connectivity index (χ1n) is 11.1. The van der Waals surface area contributed by atoms with E-state index in [1.165, 1.54) is 31.7 Å². The summed E-state index contributed by atoms with van der Waals surface area (Å²) in [5.74, 6) is -4.50. The minimum Gasteiger partial charge on any atom is -0.386 e. The molecule has 1 aromatic carbocycles. The van der Waals surface area contributed by atoms with Gasteiger partial charge in [-0.25, -0.2) is 23.6 Å². The zero-order chi connectivity index (χ0) is 25.3. The molecule has 0 spiro atoms. The minimum atomic E-state index is -1.56. The van der Waals surface area contributed by atoms with E-state index in [4.69, 9.17) is 4.74 Å². The molecule has 0 saturated carbocycles. The topological polar surface area (TPSA) is 105 Å². The van der Waals surface area contributed by atoms with Crippen molar-refractivity contribution in [2.75, 3.05) is 6.61 Å². The fourth-order valence-electron chi connectivity index (χ4n) is 4.19. The highest BCUT2D eigenvalue weighted by molar-refractivity contribution is 6.00. The Morgan fingerprint density at radius 3 is 2.43 bits per heavy atom. The Labute approximate surface area is 199 Å². The molecule has 1 atom stereocenters. The van der Waals surface area contributed by atoms with E-state index in [2.05, 4.69) is 9.97 Å². The number of ether oxygens (including phenoxy) is 1. The third-order valence-electron chi connectivity index (χ3n) is 5.93. The molecule has 4 rings (SSSR count). The van der Waals surface area contributed by atoms with Gasteiger partial charge in [-0.15, -0.1) is 0 Å². The summed E-state index contributed by atoms with van der Waals surface area (Å²) in [6.45, 7) is 3.04. The molecular formula is C25H24F3N3O4. The van der Waals surface area contributed by atoms with Crippen molar-refractivity contribution >= 4 is 5.91 Å². The number of aliphatic hydroxyl groups is 1. The predicted octanol–water partition coefficient (Wildman–Crippen LogP) is 4.82. The van der Waals surface area contributed by atoms with E-state index in [0.29, 0.717) is 25.0 Å². The van der Waals surface area contributed by atoms with Gasteiger partial charge in [0.15, 0.2) is 5.82 Å². The quantitative estimate of drug-likeness (QED) is 0.352. The van der Waals surface area contributed by atoms with Gasteiger partial charge in [0.25, 0.3) is 5.91 Å². The van der Waals surface area contributed by atoms with Crippen LogP contribution in [0.5, 0.6) is 0 Å². The largest absolute Gasteiger partial charge is 0.386 e. The van der Waals surface area contributed by atoms with Crippen molar-refractivity contribution in [1.82, 2.24) is 15.4 Å².